The molecule has 2 aromatic rings. The number of fused-ring (bicyclic) bond motifs is 1. The first kappa shape index (κ1) is 20.7. The monoisotopic (exact) mass is 459 g/mol. The average molecular weight is 460 g/mol. The number of aliphatic carboxylic acids is 1. The lowest BCUT2D eigenvalue weighted by molar-refractivity contribution is -0.145. The van der Waals surface area contributed by atoms with Crippen LogP contribution < -0.4 is 9.80 Å². The van der Waals surface area contributed by atoms with E-state index in [0.717, 1.165) is 28.7 Å². The summed E-state index contributed by atoms with van der Waals surface area (Å²) in [4.78, 5) is 30.8. The first-order valence-electron chi connectivity index (χ1n) is 9.13. The number of anilines is 2. The molecule has 4 rings (SSSR count). The van der Waals surface area contributed by atoms with Crippen LogP contribution in [0.5, 0.6) is 0 Å². The lowest BCUT2D eigenvalue weighted by atomic mass is 10.0. The van der Waals surface area contributed by atoms with Crippen molar-refractivity contribution in [3.05, 3.63) is 69.8 Å². The molecule has 1 saturated heterocycles. The fourth-order valence-corrected chi connectivity index (χ4v) is 5.38. The molecule has 1 fully saturated rings. The van der Waals surface area contributed by atoms with Crippen molar-refractivity contribution in [1.29, 1.82) is 0 Å². The lowest BCUT2D eigenvalue weighted by Gasteiger charge is -2.24. The first-order valence-corrected chi connectivity index (χ1v) is 10.7. The second-order valence-electron chi connectivity index (χ2n) is 6.99. The molecule has 154 valence electrons. The lowest BCUT2D eigenvalue weighted by Crippen LogP contribution is -2.45. The van der Waals surface area contributed by atoms with Crippen molar-refractivity contribution < 1.29 is 14.7 Å². The largest absolute Gasteiger partial charge is 0.480 e. The van der Waals surface area contributed by atoms with E-state index >= 15 is 0 Å². The van der Waals surface area contributed by atoms with Crippen LogP contribution >= 0.6 is 35.6 Å². The molecule has 1 amide bonds. The third-order valence-corrected chi connectivity index (χ3v) is 6.78. The van der Waals surface area contributed by atoms with Gasteiger partial charge in [0.05, 0.1) is 11.4 Å². The Hall–Kier alpha value is -2.55. The Kier molecular flexibility index (Phi) is 5.48. The van der Waals surface area contributed by atoms with Gasteiger partial charge in [0.15, 0.2) is 0 Å². The SMILES string of the molecule is CN1/C(=C2\SC(=S)N(C(Cc3ccccc3)C(=O)O)C2=O)N(C)c2cc(Cl)ccc21. The van der Waals surface area contributed by atoms with Crippen molar-refractivity contribution in [1.82, 2.24) is 4.90 Å². The van der Waals surface area contributed by atoms with Gasteiger partial charge in [-0.25, -0.2) is 4.79 Å². The third-order valence-electron chi connectivity index (χ3n) is 5.17. The zero-order chi connectivity index (χ0) is 21.6. The van der Waals surface area contributed by atoms with Crippen LogP contribution in [0.4, 0.5) is 11.4 Å². The highest BCUT2D eigenvalue weighted by molar-refractivity contribution is 8.26. The molecule has 0 saturated carbocycles. The number of amides is 1. The molecular weight excluding hydrogens is 442 g/mol. The van der Waals surface area contributed by atoms with Gasteiger partial charge < -0.3 is 14.9 Å². The Morgan fingerprint density at radius 1 is 1.13 bits per heavy atom. The van der Waals surface area contributed by atoms with Gasteiger partial charge in [0, 0.05) is 25.5 Å². The Labute approximate surface area is 188 Å². The summed E-state index contributed by atoms with van der Waals surface area (Å²) in [5.41, 5.74) is 2.59. The summed E-state index contributed by atoms with van der Waals surface area (Å²) < 4.78 is 0.238. The van der Waals surface area contributed by atoms with Gasteiger partial charge in [-0.05, 0) is 23.8 Å². The van der Waals surface area contributed by atoms with Gasteiger partial charge in [0.1, 0.15) is 21.1 Å². The van der Waals surface area contributed by atoms with Crippen LogP contribution in [-0.4, -0.2) is 46.3 Å². The summed E-state index contributed by atoms with van der Waals surface area (Å²) in [5, 5.41) is 10.4. The fraction of sp³-hybridized carbons (Fsp3) is 0.190. The fourth-order valence-electron chi connectivity index (χ4n) is 3.72. The minimum Gasteiger partial charge on any atom is -0.480 e. The summed E-state index contributed by atoms with van der Waals surface area (Å²) >= 11 is 12.7. The molecule has 2 aliphatic rings. The first-order chi connectivity index (χ1) is 14.3. The van der Waals surface area contributed by atoms with E-state index in [9.17, 15) is 14.7 Å². The number of thioether (sulfide) groups is 1. The van der Waals surface area contributed by atoms with Gasteiger partial charge in [-0.2, -0.15) is 0 Å². The van der Waals surface area contributed by atoms with Crippen LogP contribution in [0.25, 0.3) is 0 Å². The molecule has 2 heterocycles. The van der Waals surface area contributed by atoms with Crippen LogP contribution in [0.2, 0.25) is 5.02 Å². The number of benzene rings is 2. The summed E-state index contributed by atoms with van der Waals surface area (Å²) in [6.45, 7) is 0. The van der Waals surface area contributed by atoms with E-state index in [0.29, 0.717) is 15.7 Å². The number of carboxylic acids is 1. The Balaban J connectivity index is 1.71. The molecule has 1 unspecified atom stereocenters. The molecule has 0 bridgehead atoms. The molecule has 1 N–H and O–H groups in total. The number of carboxylic acid groups (broad SMARTS) is 1. The number of nitrogens with zero attached hydrogens (tertiary/aromatic N) is 3. The maximum atomic E-state index is 13.4. The highest BCUT2D eigenvalue weighted by atomic mass is 35.5. The van der Waals surface area contributed by atoms with Crippen molar-refractivity contribution in [3.8, 4) is 0 Å². The van der Waals surface area contributed by atoms with E-state index in [1.54, 1.807) is 6.07 Å². The Morgan fingerprint density at radius 3 is 2.47 bits per heavy atom. The van der Waals surface area contributed by atoms with Crippen molar-refractivity contribution >= 4 is 63.2 Å². The summed E-state index contributed by atoms with van der Waals surface area (Å²) in [6, 6.07) is 13.6. The molecule has 30 heavy (non-hydrogen) atoms. The van der Waals surface area contributed by atoms with Crippen LogP contribution in [0.3, 0.4) is 0 Å². The van der Waals surface area contributed by atoms with Crippen molar-refractivity contribution in [2.75, 3.05) is 23.9 Å². The third kappa shape index (κ3) is 3.45. The van der Waals surface area contributed by atoms with E-state index in [1.165, 1.54) is 4.90 Å². The molecule has 0 spiro atoms. The highest BCUT2D eigenvalue weighted by Crippen LogP contribution is 2.46. The quantitative estimate of drug-likeness (QED) is 0.548. The van der Waals surface area contributed by atoms with Crippen LogP contribution in [0.15, 0.2) is 59.3 Å². The summed E-state index contributed by atoms with van der Waals surface area (Å²) in [6.07, 6.45) is 0.173. The number of hydrogen-bond acceptors (Lipinski definition) is 6. The van der Waals surface area contributed by atoms with E-state index in [4.69, 9.17) is 23.8 Å². The molecule has 6 nitrogen and oxygen atoms in total. The zero-order valence-corrected chi connectivity index (χ0v) is 18.6. The second kappa shape index (κ2) is 7.94. The maximum absolute atomic E-state index is 13.4. The summed E-state index contributed by atoms with van der Waals surface area (Å²) in [5.74, 6) is -0.846. The number of hydrogen-bond donors (Lipinski definition) is 1. The van der Waals surface area contributed by atoms with Crippen molar-refractivity contribution in [3.63, 3.8) is 0 Å². The average Bonchev–Trinajstić information content (AvgIpc) is 3.13. The van der Waals surface area contributed by atoms with E-state index in [1.807, 2.05) is 66.4 Å². The number of halogens is 1. The predicted octanol–water partition coefficient (Wildman–Crippen LogP) is 3.95. The van der Waals surface area contributed by atoms with Gasteiger partial charge >= 0.3 is 5.97 Å². The van der Waals surface area contributed by atoms with Gasteiger partial charge in [-0.3, -0.25) is 9.69 Å². The molecule has 9 heteroatoms. The Morgan fingerprint density at radius 2 is 1.80 bits per heavy atom. The van der Waals surface area contributed by atoms with Gasteiger partial charge in [0.2, 0.25) is 0 Å². The number of thiocarbonyl (C=S) groups is 1. The van der Waals surface area contributed by atoms with Gasteiger partial charge in [-0.1, -0.05) is 65.9 Å². The van der Waals surface area contributed by atoms with Crippen LogP contribution in [-0.2, 0) is 16.0 Å². The topological polar surface area (TPSA) is 64.1 Å². The number of rotatable bonds is 4. The standard InChI is InChI=1S/C21H18ClN3O3S2/c1-23-14-9-8-13(22)11-15(14)24(2)18(23)17-19(26)25(21(29)30-17)16(20(27)28)10-12-6-4-3-5-7-12/h3-9,11,16H,10H2,1-2H3,(H,27,28)/b18-17+. The second-order valence-corrected chi connectivity index (χ2v) is 9.07. The smallest absolute Gasteiger partial charge is 0.327 e. The molecule has 0 radical (unpaired) electrons. The van der Waals surface area contributed by atoms with Crippen LogP contribution in [0.1, 0.15) is 5.56 Å². The minimum atomic E-state index is -1.09. The Bertz CT molecular complexity index is 1090. The van der Waals surface area contributed by atoms with E-state index in [-0.39, 0.29) is 10.7 Å². The molecule has 0 aromatic heterocycles. The van der Waals surface area contributed by atoms with Gasteiger partial charge in [0.25, 0.3) is 5.91 Å². The molecular formula is C21H18ClN3O3S2. The van der Waals surface area contributed by atoms with Gasteiger partial charge in [-0.15, -0.1) is 0 Å². The number of carbonyl (C=O) groups is 2. The van der Waals surface area contributed by atoms with E-state index in [2.05, 4.69) is 0 Å². The molecule has 2 aliphatic heterocycles. The molecule has 0 aliphatic carbocycles. The molecule has 1 atom stereocenters. The van der Waals surface area contributed by atoms with Crippen molar-refractivity contribution in [2.24, 2.45) is 0 Å². The minimum absolute atomic E-state index is 0.173. The maximum Gasteiger partial charge on any atom is 0.327 e. The normalized spacial score (nSPS) is 19.5. The van der Waals surface area contributed by atoms with E-state index < -0.39 is 17.9 Å². The van der Waals surface area contributed by atoms with Crippen molar-refractivity contribution in [2.45, 2.75) is 12.5 Å². The predicted molar refractivity (Wildman–Crippen MR) is 124 cm³/mol. The van der Waals surface area contributed by atoms with Crippen LogP contribution in [0, 0.1) is 0 Å². The highest BCUT2D eigenvalue weighted by Gasteiger charge is 2.44. The number of carbonyl (C=O) groups excluding carboxylic acids is 1. The molecule has 2 aromatic carbocycles. The summed E-state index contributed by atoms with van der Waals surface area (Å²) in [7, 11) is 3.70. The zero-order valence-electron chi connectivity index (χ0n) is 16.2.